The van der Waals surface area contributed by atoms with Crippen LogP contribution in [0, 0.1) is 5.92 Å². The lowest BCUT2D eigenvalue weighted by Crippen LogP contribution is -2.43. The molecule has 0 unspecified atom stereocenters. The van der Waals surface area contributed by atoms with Crippen LogP contribution < -0.4 is 10.0 Å². The number of aromatic amines is 1. The van der Waals surface area contributed by atoms with Crippen molar-refractivity contribution in [2.75, 3.05) is 0 Å². The van der Waals surface area contributed by atoms with E-state index in [4.69, 9.17) is 0 Å². The summed E-state index contributed by atoms with van der Waals surface area (Å²) in [4.78, 5) is 20.7. The third-order valence-electron chi connectivity index (χ3n) is 7.18. The zero-order chi connectivity index (χ0) is 23.5. The number of carbonyl (C=O) groups excluding carboxylic acids is 1. The number of hydrogen-bond donors (Lipinski definition) is 3. The van der Waals surface area contributed by atoms with Crippen molar-refractivity contribution in [1.82, 2.24) is 20.0 Å². The number of H-pyrrole nitrogens is 1. The Labute approximate surface area is 200 Å². The molecule has 2 aliphatic carbocycles. The summed E-state index contributed by atoms with van der Waals surface area (Å²) in [7, 11) is -3.67. The lowest BCUT2D eigenvalue weighted by molar-refractivity contribution is -0.127. The van der Waals surface area contributed by atoms with Gasteiger partial charge in [-0.1, -0.05) is 49.6 Å². The molecule has 0 bridgehead atoms. The van der Waals surface area contributed by atoms with E-state index >= 15 is 0 Å². The molecular formula is C26H32N4O3S. The number of rotatable bonds is 6. The summed E-state index contributed by atoms with van der Waals surface area (Å²) < 4.78 is 29.0. The van der Waals surface area contributed by atoms with Crippen molar-refractivity contribution in [3.63, 3.8) is 0 Å². The zero-order valence-electron chi connectivity index (χ0n) is 19.3. The fourth-order valence-corrected chi connectivity index (χ4v) is 6.54. The Morgan fingerprint density at radius 3 is 2.35 bits per heavy atom. The monoisotopic (exact) mass is 480 g/mol. The van der Waals surface area contributed by atoms with Gasteiger partial charge in [-0.3, -0.25) is 4.79 Å². The van der Waals surface area contributed by atoms with E-state index in [1.54, 1.807) is 18.2 Å². The fraction of sp³-hybridized carbons (Fsp3) is 0.462. The van der Waals surface area contributed by atoms with Crippen LogP contribution in [0.5, 0.6) is 0 Å². The molecule has 5 rings (SSSR count). The van der Waals surface area contributed by atoms with Gasteiger partial charge in [-0.25, -0.2) is 18.1 Å². The average molecular weight is 481 g/mol. The Bertz CT molecular complexity index is 1240. The number of imidazole rings is 1. The highest BCUT2D eigenvalue weighted by atomic mass is 32.2. The highest BCUT2D eigenvalue weighted by Crippen LogP contribution is 2.28. The van der Waals surface area contributed by atoms with Gasteiger partial charge in [-0.05, 0) is 56.7 Å². The van der Waals surface area contributed by atoms with E-state index in [1.165, 1.54) is 19.3 Å². The average Bonchev–Trinajstić information content (AvgIpc) is 3.29. The minimum absolute atomic E-state index is 0.0144. The highest BCUT2D eigenvalue weighted by Gasteiger charge is 2.30. The highest BCUT2D eigenvalue weighted by molar-refractivity contribution is 7.89. The molecule has 3 aromatic rings. The molecule has 34 heavy (non-hydrogen) atoms. The summed E-state index contributed by atoms with van der Waals surface area (Å²) in [6, 6.07) is 14.9. The molecule has 0 aliphatic heterocycles. The molecule has 2 saturated carbocycles. The second-order valence-electron chi connectivity index (χ2n) is 9.64. The molecule has 0 atom stereocenters. The number of aromatic nitrogens is 2. The van der Waals surface area contributed by atoms with Gasteiger partial charge < -0.3 is 10.3 Å². The molecule has 2 fully saturated rings. The molecule has 3 N–H and O–H groups in total. The minimum atomic E-state index is -3.67. The van der Waals surface area contributed by atoms with Crippen molar-refractivity contribution in [2.45, 2.75) is 74.8 Å². The molecule has 0 spiro atoms. The predicted octanol–water partition coefficient (Wildman–Crippen LogP) is 4.52. The molecule has 1 amide bonds. The van der Waals surface area contributed by atoms with Gasteiger partial charge in [0.05, 0.1) is 15.9 Å². The first-order chi connectivity index (χ1) is 16.5. The van der Waals surface area contributed by atoms with Gasteiger partial charge in [-0.15, -0.1) is 0 Å². The number of benzene rings is 2. The minimum Gasteiger partial charge on any atom is -0.353 e. The van der Waals surface area contributed by atoms with E-state index in [-0.39, 0.29) is 22.8 Å². The first-order valence-corrected chi connectivity index (χ1v) is 13.8. The van der Waals surface area contributed by atoms with Gasteiger partial charge in [0.2, 0.25) is 15.9 Å². The Hall–Kier alpha value is -2.71. The first kappa shape index (κ1) is 23.1. The molecular weight excluding hydrogens is 448 g/mol. The maximum absolute atomic E-state index is 13.1. The van der Waals surface area contributed by atoms with Crippen molar-refractivity contribution < 1.29 is 13.2 Å². The summed E-state index contributed by atoms with van der Waals surface area (Å²) >= 11 is 0. The van der Waals surface area contributed by atoms with Crippen LogP contribution >= 0.6 is 0 Å². The molecule has 1 aromatic heterocycles. The van der Waals surface area contributed by atoms with E-state index in [1.807, 2.05) is 30.3 Å². The van der Waals surface area contributed by atoms with Gasteiger partial charge in [0.1, 0.15) is 5.82 Å². The topological polar surface area (TPSA) is 104 Å². The van der Waals surface area contributed by atoms with Crippen molar-refractivity contribution in [1.29, 1.82) is 0 Å². The first-order valence-electron chi connectivity index (χ1n) is 12.4. The van der Waals surface area contributed by atoms with Crippen LogP contribution in [0.3, 0.4) is 0 Å². The van der Waals surface area contributed by atoms with Crippen LogP contribution in [0.25, 0.3) is 22.4 Å². The largest absolute Gasteiger partial charge is 0.353 e. The van der Waals surface area contributed by atoms with Crippen LogP contribution in [-0.2, 0) is 14.8 Å². The summed E-state index contributed by atoms with van der Waals surface area (Å²) in [5.74, 6) is 0.842. The van der Waals surface area contributed by atoms with E-state index in [9.17, 15) is 13.2 Å². The van der Waals surface area contributed by atoms with Crippen LogP contribution in [-0.4, -0.2) is 36.4 Å². The lowest BCUT2D eigenvalue weighted by atomic mass is 9.85. The number of fused-ring (bicyclic) bond motifs is 1. The zero-order valence-corrected chi connectivity index (χ0v) is 20.1. The number of carbonyl (C=O) groups is 1. The van der Waals surface area contributed by atoms with Gasteiger partial charge >= 0.3 is 0 Å². The smallest absolute Gasteiger partial charge is 0.240 e. The van der Waals surface area contributed by atoms with Gasteiger partial charge in [0.25, 0.3) is 0 Å². The lowest BCUT2D eigenvalue weighted by Gasteiger charge is -2.30. The van der Waals surface area contributed by atoms with E-state index in [0.717, 1.165) is 23.9 Å². The van der Waals surface area contributed by atoms with Crippen molar-refractivity contribution >= 4 is 27.0 Å². The van der Waals surface area contributed by atoms with Gasteiger partial charge in [0.15, 0.2) is 0 Å². The molecule has 7 nitrogen and oxygen atoms in total. The fourth-order valence-electron chi connectivity index (χ4n) is 5.21. The van der Waals surface area contributed by atoms with Crippen molar-refractivity contribution in [2.24, 2.45) is 5.92 Å². The quantitative estimate of drug-likeness (QED) is 0.483. The standard InChI is InChI=1S/C26H32N4O3S/c31-26(27-20-9-5-2-6-10-20)19-11-13-21(14-12-19)30-34(32,33)22-15-16-23-24(17-22)29-25(28-23)18-7-3-1-4-8-18/h1,3-4,7-8,15-17,19-21,30H,2,5-6,9-14H2,(H,27,31)(H,28,29)/t19-,21-. The maximum atomic E-state index is 13.1. The van der Waals surface area contributed by atoms with E-state index < -0.39 is 10.0 Å². The van der Waals surface area contributed by atoms with Crippen LogP contribution in [0.1, 0.15) is 57.8 Å². The Kier molecular flexibility index (Phi) is 6.70. The predicted molar refractivity (Wildman–Crippen MR) is 133 cm³/mol. The Morgan fingerprint density at radius 2 is 1.62 bits per heavy atom. The third-order valence-corrected chi connectivity index (χ3v) is 8.70. The summed E-state index contributed by atoms with van der Waals surface area (Å²) in [6.07, 6.45) is 8.57. The molecule has 8 heteroatoms. The number of amides is 1. The Balaban J connectivity index is 1.20. The Morgan fingerprint density at radius 1 is 0.882 bits per heavy atom. The van der Waals surface area contributed by atoms with Gasteiger partial charge in [-0.2, -0.15) is 0 Å². The van der Waals surface area contributed by atoms with Crippen LogP contribution in [0.2, 0.25) is 0 Å². The SMILES string of the molecule is O=C(NC1CCCCC1)[C@H]1CC[C@H](NS(=O)(=O)c2ccc3[nH]c(-c4ccccc4)nc3c2)CC1. The third kappa shape index (κ3) is 5.18. The van der Waals surface area contributed by atoms with Gasteiger partial charge in [0, 0.05) is 23.6 Å². The number of hydrogen-bond acceptors (Lipinski definition) is 4. The summed E-state index contributed by atoms with van der Waals surface area (Å²) in [5.41, 5.74) is 2.36. The summed E-state index contributed by atoms with van der Waals surface area (Å²) in [5, 5.41) is 3.22. The normalized spacial score (nSPS) is 22.0. The second-order valence-corrected chi connectivity index (χ2v) is 11.4. The van der Waals surface area contributed by atoms with Crippen molar-refractivity contribution in [3.8, 4) is 11.4 Å². The molecule has 180 valence electrons. The molecule has 2 aromatic carbocycles. The maximum Gasteiger partial charge on any atom is 0.240 e. The molecule has 0 radical (unpaired) electrons. The number of sulfonamides is 1. The van der Waals surface area contributed by atoms with Crippen LogP contribution in [0.4, 0.5) is 0 Å². The molecule has 1 heterocycles. The summed E-state index contributed by atoms with van der Waals surface area (Å²) in [6.45, 7) is 0. The van der Waals surface area contributed by atoms with Crippen molar-refractivity contribution in [3.05, 3.63) is 48.5 Å². The number of nitrogens with one attached hydrogen (secondary N) is 3. The number of nitrogens with zero attached hydrogens (tertiary/aromatic N) is 1. The second kappa shape index (κ2) is 9.88. The molecule has 0 saturated heterocycles. The van der Waals surface area contributed by atoms with Crippen LogP contribution in [0.15, 0.2) is 53.4 Å². The van der Waals surface area contributed by atoms with E-state index in [2.05, 4.69) is 20.0 Å². The molecule has 2 aliphatic rings. The van der Waals surface area contributed by atoms with E-state index in [0.29, 0.717) is 43.1 Å².